The molecule has 3 aromatic rings. The quantitative estimate of drug-likeness (QED) is 0.414. The zero-order chi connectivity index (χ0) is 25.0. The summed E-state index contributed by atoms with van der Waals surface area (Å²) in [6.45, 7) is -0.179. The number of thiophene rings is 1. The summed E-state index contributed by atoms with van der Waals surface area (Å²) in [5, 5.41) is 26.2. The molecule has 1 saturated carbocycles. The first-order valence-corrected chi connectivity index (χ1v) is 13.3. The molecule has 0 aliphatic heterocycles. The maximum atomic E-state index is 13.3. The predicted molar refractivity (Wildman–Crippen MR) is 129 cm³/mol. The third-order valence-electron chi connectivity index (χ3n) is 6.06. The minimum absolute atomic E-state index is 0.00633. The molecule has 1 aromatic carbocycles. The third-order valence-corrected chi connectivity index (χ3v) is 7.51. The van der Waals surface area contributed by atoms with Crippen molar-refractivity contribution in [2.45, 2.75) is 31.8 Å². The van der Waals surface area contributed by atoms with Gasteiger partial charge in [-0.15, -0.1) is 11.3 Å². The Morgan fingerprint density at radius 3 is 2.89 bits per heavy atom. The average molecular weight is 513 g/mol. The Bertz CT molecular complexity index is 1370. The molecule has 1 fully saturated rings. The number of nitrogens with zero attached hydrogens (tertiary/aromatic N) is 3. The molecule has 9 nitrogen and oxygen atoms in total. The number of nitriles is 1. The van der Waals surface area contributed by atoms with E-state index < -0.39 is 16.4 Å². The van der Waals surface area contributed by atoms with Gasteiger partial charge in [0, 0.05) is 12.1 Å². The zero-order valence-electron chi connectivity index (χ0n) is 18.7. The van der Waals surface area contributed by atoms with Crippen molar-refractivity contribution in [3.8, 4) is 6.07 Å². The molecular weight excluding hydrogens is 488 g/mol. The minimum Gasteiger partial charge on any atom is -0.393 e. The number of ketones is 1. The molecule has 1 aliphatic carbocycles. The Morgan fingerprint density at radius 1 is 1.29 bits per heavy atom. The van der Waals surface area contributed by atoms with Crippen molar-refractivity contribution >= 4 is 27.4 Å². The van der Waals surface area contributed by atoms with Gasteiger partial charge in [-0.3, -0.25) is 8.98 Å². The third kappa shape index (κ3) is 6.56. The average Bonchev–Trinajstić information content (AvgIpc) is 3.43. The van der Waals surface area contributed by atoms with Gasteiger partial charge in [0.15, 0.2) is 0 Å². The standard InChI is InChI=1S/C24H24N4O5S2/c25-10-16-3-1-2-15(4-16)5-18-9-23(34-13-18)24(30)20-11-27-14-28-21(20)7-17-6-19(22(29)8-17)12-33-35(26,31)32/h1-4,9,11,13-14,17,19,22,29H,5-8,12H2,(H2,26,31,32)/t17-,19+,22-/m0/s1. The van der Waals surface area contributed by atoms with Crippen LogP contribution in [0.3, 0.4) is 0 Å². The molecule has 0 bridgehead atoms. The van der Waals surface area contributed by atoms with E-state index in [2.05, 4.69) is 20.2 Å². The highest BCUT2D eigenvalue weighted by atomic mass is 32.2. The summed E-state index contributed by atoms with van der Waals surface area (Å²) >= 11 is 1.35. The number of hydrogen-bond acceptors (Lipinski definition) is 9. The molecule has 0 unspecified atom stereocenters. The molecule has 2 aromatic heterocycles. The van der Waals surface area contributed by atoms with E-state index in [-0.39, 0.29) is 24.2 Å². The molecule has 11 heteroatoms. The van der Waals surface area contributed by atoms with E-state index in [0.29, 0.717) is 47.4 Å². The number of aliphatic hydroxyl groups excluding tert-OH is 1. The second kappa shape index (κ2) is 10.7. The first kappa shape index (κ1) is 25.1. The molecule has 2 heterocycles. The van der Waals surface area contributed by atoms with Gasteiger partial charge in [0.1, 0.15) is 6.33 Å². The Balaban J connectivity index is 1.45. The van der Waals surface area contributed by atoms with Crippen LogP contribution in [-0.4, -0.2) is 42.0 Å². The maximum absolute atomic E-state index is 13.3. The number of carbonyl (C=O) groups excluding carboxylic acids is 1. The summed E-state index contributed by atoms with van der Waals surface area (Å²) in [7, 11) is -4.07. The highest BCUT2D eigenvalue weighted by molar-refractivity contribution is 7.84. The maximum Gasteiger partial charge on any atom is 0.333 e. The highest BCUT2D eigenvalue weighted by Crippen LogP contribution is 2.34. The number of aliphatic hydroxyl groups is 1. The van der Waals surface area contributed by atoms with Crippen LogP contribution in [0.1, 0.15) is 50.5 Å². The van der Waals surface area contributed by atoms with E-state index in [1.54, 1.807) is 6.07 Å². The number of hydrogen-bond donors (Lipinski definition) is 2. The summed E-state index contributed by atoms with van der Waals surface area (Å²) in [5.41, 5.74) is 3.56. The molecule has 0 amide bonds. The van der Waals surface area contributed by atoms with Crippen LogP contribution in [0.15, 0.2) is 48.2 Å². The van der Waals surface area contributed by atoms with Crippen LogP contribution >= 0.6 is 11.3 Å². The monoisotopic (exact) mass is 512 g/mol. The summed E-state index contributed by atoms with van der Waals surface area (Å²) < 4.78 is 26.8. The summed E-state index contributed by atoms with van der Waals surface area (Å²) in [6.07, 6.45) is 4.21. The molecule has 0 spiro atoms. The second-order valence-corrected chi connectivity index (χ2v) is 10.8. The summed E-state index contributed by atoms with van der Waals surface area (Å²) in [5.74, 6) is -0.527. The molecule has 3 atom stereocenters. The van der Waals surface area contributed by atoms with Crippen LogP contribution in [0.25, 0.3) is 0 Å². The molecule has 182 valence electrons. The largest absolute Gasteiger partial charge is 0.393 e. The smallest absolute Gasteiger partial charge is 0.333 e. The van der Waals surface area contributed by atoms with Gasteiger partial charge in [0.25, 0.3) is 0 Å². The van der Waals surface area contributed by atoms with E-state index >= 15 is 0 Å². The van der Waals surface area contributed by atoms with Gasteiger partial charge in [-0.25, -0.2) is 15.1 Å². The van der Waals surface area contributed by atoms with Gasteiger partial charge in [-0.2, -0.15) is 13.7 Å². The number of carbonyl (C=O) groups is 1. The molecular formula is C24H24N4O5S2. The molecule has 3 N–H and O–H groups in total. The van der Waals surface area contributed by atoms with E-state index in [1.165, 1.54) is 23.9 Å². The fourth-order valence-electron chi connectivity index (χ4n) is 4.43. The number of benzene rings is 1. The van der Waals surface area contributed by atoms with Crippen LogP contribution in [0, 0.1) is 23.2 Å². The van der Waals surface area contributed by atoms with Crippen LogP contribution in [-0.2, 0) is 27.3 Å². The van der Waals surface area contributed by atoms with Crippen LogP contribution < -0.4 is 5.14 Å². The van der Waals surface area contributed by atoms with Crippen molar-refractivity contribution in [2.75, 3.05) is 6.61 Å². The minimum atomic E-state index is -4.07. The first-order valence-electron chi connectivity index (χ1n) is 11.0. The number of aromatic nitrogens is 2. The van der Waals surface area contributed by atoms with E-state index in [9.17, 15) is 18.3 Å². The Hall–Kier alpha value is -3.01. The lowest BCUT2D eigenvalue weighted by atomic mass is 9.96. The van der Waals surface area contributed by atoms with E-state index in [4.69, 9.17) is 10.4 Å². The van der Waals surface area contributed by atoms with Crippen molar-refractivity contribution in [3.05, 3.63) is 81.1 Å². The lowest BCUT2D eigenvalue weighted by molar-refractivity contribution is 0.100. The highest BCUT2D eigenvalue weighted by Gasteiger charge is 2.35. The van der Waals surface area contributed by atoms with Crippen molar-refractivity contribution in [3.63, 3.8) is 0 Å². The van der Waals surface area contributed by atoms with Gasteiger partial charge in [-0.05, 0) is 66.3 Å². The van der Waals surface area contributed by atoms with E-state index in [0.717, 1.165) is 11.1 Å². The lowest BCUT2D eigenvalue weighted by Gasteiger charge is -2.13. The van der Waals surface area contributed by atoms with Gasteiger partial charge in [0.2, 0.25) is 5.78 Å². The molecule has 0 saturated heterocycles. The van der Waals surface area contributed by atoms with Gasteiger partial charge in [-0.1, -0.05) is 12.1 Å². The molecule has 35 heavy (non-hydrogen) atoms. The van der Waals surface area contributed by atoms with E-state index in [1.807, 2.05) is 29.6 Å². The van der Waals surface area contributed by atoms with Crippen LogP contribution in [0.4, 0.5) is 0 Å². The Kier molecular flexibility index (Phi) is 7.69. The van der Waals surface area contributed by atoms with Gasteiger partial charge < -0.3 is 5.11 Å². The normalized spacial score (nSPS) is 20.0. The van der Waals surface area contributed by atoms with Gasteiger partial charge in [0.05, 0.1) is 40.5 Å². The molecule has 4 rings (SSSR count). The van der Waals surface area contributed by atoms with Crippen LogP contribution in [0.2, 0.25) is 0 Å². The topological polar surface area (TPSA) is 156 Å². The zero-order valence-corrected chi connectivity index (χ0v) is 20.3. The SMILES string of the molecule is N#Cc1cccc(Cc2csc(C(=O)c3cncnc3C[C@@H]3C[C@H](COS(N)(=O)=O)[C@@H](O)C3)c2)c1. The predicted octanol–water partition coefficient (Wildman–Crippen LogP) is 2.38. The lowest BCUT2D eigenvalue weighted by Crippen LogP contribution is -2.24. The van der Waals surface area contributed by atoms with Crippen molar-refractivity contribution < 1.29 is 22.5 Å². The van der Waals surface area contributed by atoms with Gasteiger partial charge >= 0.3 is 10.3 Å². The summed E-state index contributed by atoms with van der Waals surface area (Å²) in [4.78, 5) is 22.2. The fourth-order valence-corrected chi connectivity index (χ4v) is 5.66. The molecule has 1 aliphatic rings. The Labute approximate surface area is 207 Å². The van der Waals surface area contributed by atoms with Crippen molar-refractivity contribution in [1.82, 2.24) is 9.97 Å². The van der Waals surface area contributed by atoms with Crippen molar-refractivity contribution in [1.29, 1.82) is 5.26 Å². The Morgan fingerprint density at radius 2 is 2.11 bits per heavy atom. The second-order valence-electron chi connectivity index (χ2n) is 8.67. The molecule has 0 radical (unpaired) electrons. The number of rotatable bonds is 9. The number of nitrogens with two attached hydrogens (primary N) is 1. The summed E-state index contributed by atoms with van der Waals surface area (Å²) in [6, 6.07) is 11.4. The fraction of sp³-hybridized carbons (Fsp3) is 0.333. The first-order chi connectivity index (χ1) is 16.7. The van der Waals surface area contributed by atoms with Crippen molar-refractivity contribution in [2.24, 2.45) is 17.0 Å². The van der Waals surface area contributed by atoms with Crippen LogP contribution in [0.5, 0.6) is 0 Å².